The Hall–Kier alpha value is -2.28. The molecule has 7 nitrogen and oxygen atoms in total. The highest BCUT2D eigenvalue weighted by atomic mass is 16.5. The first kappa shape index (κ1) is 15.1. The normalized spacial score (nSPS) is 17.8. The number of nitrogens with one attached hydrogen (secondary N) is 2. The SMILES string of the molecule is COc1ccc(CNC(=O)C2COCC(=O)N2)cc1OC. The highest BCUT2D eigenvalue weighted by Gasteiger charge is 2.24. The molecule has 1 atom stereocenters. The number of rotatable bonds is 5. The minimum Gasteiger partial charge on any atom is -0.493 e. The summed E-state index contributed by atoms with van der Waals surface area (Å²) in [5, 5.41) is 5.32. The molecular formula is C14H18N2O5. The monoisotopic (exact) mass is 294 g/mol. The molecule has 1 fully saturated rings. The second-order valence-corrected chi connectivity index (χ2v) is 4.54. The van der Waals surface area contributed by atoms with Crippen molar-refractivity contribution in [2.45, 2.75) is 12.6 Å². The van der Waals surface area contributed by atoms with Crippen LogP contribution in [0.25, 0.3) is 0 Å². The van der Waals surface area contributed by atoms with Gasteiger partial charge in [0.05, 0.1) is 20.8 Å². The average molecular weight is 294 g/mol. The Morgan fingerprint density at radius 2 is 2.14 bits per heavy atom. The number of amides is 2. The molecule has 2 rings (SSSR count). The second-order valence-electron chi connectivity index (χ2n) is 4.54. The van der Waals surface area contributed by atoms with Crippen molar-refractivity contribution in [1.29, 1.82) is 0 Å². The quantitative estimate of drug-likeness (QED) is 0.788. The van der Waals surface area contributed by atoms with Gasteiger partial charge in [-0.2, -0.15) is 0 Å². The van der Waals surface area contributed by atoms with Crippen LogP contribution < -0.4 is 20.1 Å². The lowest BCUT2D eigenvalue weighted by molar-refractivity contribution is -0.138. The number of morpholine rings is 1. The predicted octanol–water partition coefficient (Wildman–Crippen LogP) is -0.165. The molecule has 1 saturated heterocycles. The zero-order valence-corrected chi connectivity index (χ0v) is 12.0. The van der Waals surface area contributed by atoms with Gasteiger partial charge < -0.3 is 24.8 Å². The van der Waals surface area contributed by atoms with Crippen LogP contribution in [0.3, 0.4) is 0 Å². The molecule has 1 aliphatic rings. The summed E-state index contributed by atoms with van der Waals surface area (Å²) >= 11 is 0. The molecule has 1 unspecified atom stereocenters. The third kappa shape index (κ3) is 3.85. The number of hydrogen-bond donors (Lipinski definition) is 2. The maximum absolute atomic E-state index is 11.9. The molecule has 0 spiro atoms. The van der Waals surface area contributed by atoms with E-state index in [0.717, 1.165) is 5.56 Å². The van der Waals surface area contributed by atoms with E-state index in [0.29, 0.717) is 18.0 Å². The number of methoxy groups -OCH3 is 2. The summed E-state index contributed by atoms with van der Waals surface area (Å²) in [6, 6.07) is 4.74. The van der Waals surface area contributed by atoms with Crippen LogP contribution in [0.4, 0.5) is 0 Å². The van der Waals surface area contributed by atoms with Gasteiger partial charge in [0.2, 0.25) is 11.8 Å². The van der Waals surface area contributed by atoms with Gasteiger partial charge in [-0.1, -0.05) is 6.07 Å². The zero-order chi connectivity index (χ0) is 15.2. The fourth-order valence-corrected chi connectivity index (χ4v) is 1.99. The van der Waals surface area contributed by atoms with Crippen molar-refractivity contribution in [3.63, 3.8) is 0 Å². The highest BCUT2D eigenvalue weighted by Crippen LogP contribution is 2.27. The van der Waals surface area contributed by atoms with Crippen LogP contribution in [0, 0.1) is 0 Å². The molecule has 114 valence electrons. The van der Waals surface area contributed by atoms with E-state index in [1.54, 1.807) is 26.4 Å². The lowest BCUT2D eigenvalue weighted by Crippen LogP contribution is -2.53. The standard InChI is InChI=1S/C14H18N2O5/c1-19-11-4-3-9(5-12(11)20-2)6-15-14(18)10-7-21-8-13(17)16-10/h3-5,10H,6-8H2,1-2H3,(H,15,18)(H,16,17). The number of benzene rings is 1. The van der Waals surface area contributed by atoms with Crippen molar-refractivity contribution in [2.75, 3.05) is 27.4 Å². The molecule has 1 heterocycles. The first-order valence-corrected chi connectivity index (χ1v) is 6.49. The van der Waals surface area contributed by atoms with Gasteiger partial charge in [-0.05, 0) is 17.7 Å². The van der Waals surface area contributed by atoms with E-state index in [4.69, 9.17) is 14.2 Å². The molecular weight excluding hydrogens is 276 g/mol. The molecule has 1 aromatic carbocycles. The van der Waals surface area contributed by atoms with Gasteiger partial charge in [-0.15, -0.1) is 0 Å². The highest BCUT2D eigenvalue weighted by molar-refractivity contribution is 5.89. The topological polar surface area (TPSA) is 85.9 Å². The summed E-state index contributed by atoms with van der Waals surface area (Å²) < 4.78 is 15.4. The Bertz CT molecular complexity index is 532. The summed E-state index contributed by atoms with van der Waals surface area (Å²) in [5.41, 5.74) is 0.865. The van der Waals surface area contributed by atoms with Gasteiger partial charge >= 0.3 is 0 Å². The number of carbonyl (C=O) groups excluding carboxylic acids is 2. The fourth-order valence-electron chi connectivity index (χ4n) is 1.99. The van der Waals surface area contributed by atoms with Crippen LogP contribution in [0.2, 0.25) is 0 Å². The Balaban J connectivity index is 1.93. The number of hydrogen-bond acceptors (Lipinski definition) is 5. The van der Waals surface area contributed by atoms with Gasteiger partial charge in [0.1, 0.15) is 12.6 Å². The minimum atomic E-state index is -0.647. The Labute approximate surface area is 122 Å². The smallest absolute Gasteiger partial charge is 0.246 e. The van der Waals surface area contributed by atoms with E-state index in [-0.39, 0.29) is 25.0 Å². The second kappa shape index (κ2) is 6.94. The summed E-state index contributed by atoms with van der Waals surface area (Å²) in [5.74, 6) is 0.657. The van der Waals surface area contributed by atoms with Gasteiger partial charge in [-0.25, -0.2) is 0 Å². The molecule has 1 aliphatic heterocycles. The molecule has 2 N–H and O–H groups in total. The average Bonchev–Trinajstić information content (AvgIpc) is 2.52. The first-order chi connectivity index (χ1) is 10.1. The van der Waals surface area contributed by atoms with Crippen LogP contribution in [0.5, 0.6) is 11.5 Å². The summed E-state index contributed by atoms with van der Waals surface area (Å²) in [6.07, 6.45) is 0. The van der Waals surface area contributed by atoms with Crippen LogP contribution >= 0.6 is 0 Å². The third-order valence-electron chi connectivity index (χ3n) is 3.08. The number of carbonyl (C=O) groups is 2. The van der Waals surface area contributed by atoms with Crippen LogP contribution in [0.15, 0.2) is 18.2 Å². The van der Waals surface area contributed by atoms with Gasteiger partial charge in [0, 0.05) is 6.54 Å². The summed E-state index contributed by atoms with van der Waals surface area (Å²) in [7, 11) is 3.11. The van der Waals surface area contributed by atoms with Crippen molar-refractivity contribution >= 4 is 11.8 Å². The first-order valence-electron chi connectivity index (χ1n) is 6.49. The molecule has 21 heavy (non-hydrogen) atoms. The molecule has 1 aromatic rings. The maximum atomic E-state index is 11.9. The van der Waals surface area contributed by atoms with E-state index >= 15 is 0 Å². The van der Waals surface area contributed by atoms with E-state index in [2.05, 4.69) is 10.6 Å². The Morgan fingerprint density at radius 3 is 2.81 bits per heavy atom. The van der Waals surface area contributed by atoms with Gasteiger partial charge in [-0.3, -0.25) is 9.59 Å². The largest absolute Gasteiger partial charge is 0.493 e. The molecule has 0 bridgehead atoms. The Kier molecular flexibility index (Phi) is 4.99. The minimum absolute atomic E-state index is 0.000537. The Morgan fingerprint density at radius 1 is 1.38 bits per heavy atom. The van der Waals surface area contributed by atoms with Crippen molar-refractivity contribution in [3.05, 3.63) is 23.8 Å². The summed E-state index contributed by atoms with van der Waals surface area (Å²) in [6.45, 7) is 0.508. The number of ether oxygens (including phenoxy) is 3. The molecule has 0 aliphatic carbocycles. The van der Waals surface area contributed by atoms with Crippen molar-refractivity contribution in [1.82, 2.24) is 10.6 Å². The van der Waals surface area contributed by atoms with Crippen LogP contribution in [-0.2, 0) is 20.9 Å². The van der Waals surface area contributed by atoms with Gasteiger partial charge in [0.15, 0.2) is 11.5 Å². The van der Waals surface area contributed by atoms with Crippen LogP contribution in [0.1, 0.15) is 5.56 Å². The van der Waals surface area contributed by atoms with E-state index < -0.39 is 6.04 Å². The molecule has 0 saturated carbocycles. The molecule has 0 aromatic heterocycles. The van der Waals surface area contributed by atoms with E-state index in [1.165, 1.54) is 0 Å². The zero-order valence-electron chi connectivity index (χ0n) is 12.0. The molecule has 2 amide bonds. The third-order valence-corrected chi connectivity index (χ3v) is 3.08. The fraction of sp³-hybridized carbons (Fsp3) is 0.429. The lowest BCUT2D eigenvalue weighted by atomic mass is 10.2. The molecule has 0 radical (unpaired) electrons. The van der Waals surface area contributed by atoms with Crippen LogP contribution in [-0.4, -0.2) is 45.3 Å². The van der Waals surface area contributed by atoms with E-state index in [9.17, 15) is 9.59 Å². The van der Waals surface area contributed by atoms with Crippen molar-refractivity contribution < 1.29 is 23.8 Å². The van der Waals surface area contributed by atoms with Gasteiger partial charge in [0.25, 0.3) is 0 Å². The molecule has 7 heteroatoms. The van der Waals surface area contributed by atoms with E-state index in [1.807, 2.05) is 6.07 Å². The lowest BCUT2D eigenvalue weighted by Gasteiger charge is -2.22. The maximum Gasteiger partial charge on any atom is 0.246 e. The summed E-state index contributed by atoms with van der Waals surface area (Å²) in [4.78, 5) is 23.1. The van der Waals surface area contributed by atoms with Crippen molar-refractivity contribution in [3.8, 4) is 11.5 Å². The van der Waals surface area contributed by atoms with Crippen molar-refractivity contribution in [2.24, 2.45) is 0 Å². The predicted molar refractivity (Wildman–Crippen MR) is 74.1 cm³/mol.